The van der Waals surface area contributed by atoms with Gasteiger partial charge in [0.15, 0.2) is 0 Å². The van der Waals surface area contributed by atoms with Gasteiger partial charge in [-0.3, -0.25) is 6.08 Å². The summed E-state index contributed by atoms with van der Waals surface area (Å²) in [6.45, 7) is 29.5. The first-order valence-corrected chi connectivity index (χ1v) is 24.1. The normalized spacial score (nSPS) is 23.3. The smallest absolute Gasteiger partial charge is 0.0407 e. The molecule has 0 amide bonds. The summed E-state index contributed by atoms with van der Waals surface area (Å²) in [5.41, 5.74) is 16.3. The maximum Gasteiger partial charge on any atom is -0.0407 e. The number of allylic oxidation sites excluding steroid dienone is 4. The Morgan fingerprint density at radius 3 is 1.43 bits per heavy atom. The van der Waals surface area contributed by atoms with Crippen LogP contribution in [0.4, 0.5) is 0 Å². The molecule has 0 heterocycles. The van der Waals surface area contributed by atoms with Crippen molar-refractivity contribution >= 4 is 3.21 Å². The van der Waals surface area contributed by atoms with E-state index in [-0.39, 0.29) is 46.5 Å². The predicted molar refractivity (Wildman–Crippen MR) is 250 cm³/mol. The molecule has 0 radical (unpaired) electrons. The van der Waals surface area contributed by atoms with Gasteiger partial charge in [-0.1, -0.05) is 95.0 Å². The molecule has 4 bridgehead atoms. The first-order chi connectivity index (χ1) is 27.5. The van der Waals surface area contributed by atoms with E-state index in [2.05, 4.69) is 193 Å². The average molecular weight is 931 g/mol. The molecule has 0 aliphatic heterocycles. The summed E-state index contributed by atoms with van der Waals surface area (Å²) in [5, 5.41) is 0. The molecular formula is C58H72Cl2Zr-2. The van der Waals surface area contributed by atoms with Gasteiger partial charge < -0.3 is 24.8 Å². The molecule has 6 aliphatic rings. The van der Waals surface area contributed by atoms with E-state index in [1.165, 1.54) is 109 Å². The molecule has 3 heteroatoms. The third kappa shape index (κ3) is 11.5. The van der Waals surface area contributed by atoms with Crippen LogP contribution in [0.3, 0.4) is 0 Å². The number of rotatable bonds is 3. The Morgan fingerprint density at radius 2 is 1.00 bits per heavy atom. The first-order valence-electron chi connectivity index (χ1n) is 22.8. The summed E-state index contributed by atoms with van der Waals surface area (Å²) in [7, 11) is 0. The fourth-order valence-electron chi connectivity index (χ4n) is 10.7. The average Bonchev–Trinajstić information content (AvgIpc) is 3.76. The Hall–Kier alpha value is -2.31. The number of hydrogen-bond acceptors (Lipinski definition) is 0. The van der Waals surface area contributed by atoms with Crippen molar-refractivity contribution in [3.63, 3.8) is 0 Å². The standard InChI is InChI=1S/C21H25.C21H26.C16H21.2ClH.Zr/c1-20(2,3)16-9-7-14-11-15-8-10-17(21(4,5)6)13-19(15)18(14)12-16;1-20(2,3)18-11-7-16(8-12-18)15-17-9-13-19(14-10-17)21(4,5)6;1-10-2-3-13(4-10)16-14-6-11-5-12(8-14)9-15(16)7-11;;;/h7,9-10,12-13H,11H2,1-6H3;7-14H,1-6H3;3-4,10-12,14-16H,5-9H2,1H3;2*1H;/q-1;;-1;;;+2/p-2. The summed E-state index contributed by atoms with van der Waals surface area (Å²) in [5.74, 6) is 5.77. The van der Waals surface area contributed by atoms with Gasteiger partial charge >= 0.3 is 151 Å². The minimum absolute atomic E-state index is 0. The van der Waals surface area contributed by atoms with Gasteiger partial charge in [0.2, 0.25) is 0 Å². The molecule has 6 aliphatic carbocycles. The van der Waals surface area contributed by atoms with Gasteiger partial charge in [0, 0.05) is 0 Å². The van der Waals surface area contributed by atoms with E-state index in [0.717, 1.165) is 36.0 Å². The second-order valence-electron chi connectivity index (χ2n) is 23.1. The summed E-state index contributed by atoms with van der Waals surface area (Å²) < 4.78 is 1.42. The minimum atomic E-state index is 0. The molecule has 0 spiro atoms. The summed E-state index contributed by atoms with van der Waals surface area (Å²) >= 11 is 1.46. The van der Waals surface area contributed by atoms with Crippen molar-refractivity contribution < 1.29 is 49.0 Å². The molecule has 0 aromatic heterocycles. The Balaban J connectivity index is 0.000000172. The molecule has 0 nitrogen and oxygen atoms in total. The van der Waals surface area contributed by atoms with Crippen molar-refractivity contribution in [2.24, 2.45) is 35.5 Å². The maximum atomic E-state index is 3.53. The predicted octanol–water partition coefficient (Wildman–Crippen LogP) is 9.05. The molecular weight excluding hydrogens is 859 g/mol. The Bertz CT molecular complexity index is 2060. The zero-order valence-electron chi connectivity index (χ0n) is 39.6. The van der Waals surface area contributed by atoms with Crippen molar-refractivity contribution in [1.29, 1.82) is 0 Å². The van der Waals surface area contributed by atoms with Crippen molar-refractivity contribution in [3.05, 3.63) is 153 Å². The molecule has 1 unspecified atom stereocenters. The van der Waals surface area contributed by atoms with E-state index in [9.17, 15) is 0 Å². The van der Waals surface area contributed by atoms with Gasteiger partial charge in [-0.25, -0.2) is 6.08 Å². The van der Waals surface area contributed by atoms with Crippen LogP contribution in [0.1, 0.15) is 167 Å². The van der Waals surface area contributed by atoms with Gasteiger partial charge in [0.25, 0.3) is 0 Å². The van der Waals surface area contributed by atoms with Gasteiger partial charge in [-0.15, -0.1) is 5.56 Å². The van der Waals surface area contributed by atoms with Crippen LogP contribution in [0.2, 0.25) is 0 Å². The second kappa shape index (κ2) is 19.0. The van der Waals surface area contributed by atoms with Crippen molar-refractivity contribution in [1.82, 2.24) is 0 Å². The van der Waals surface area contributed by atoms with E-state index in [4.69, 9.17) is 0 Å². The molecule has 0 saturated heterocycles. The Morgan fingerprint density at radius 1 is 0.557 bits per heavy atom. The maximum absolute atomic E-state index is 3.53. The molecule has 4 aromatic carbocycles. The third-order valence-corrected chi connectivity index (χ3v) is 15.6. The van der Waals surface area contributed by atoms with Gasteiger partial charge in [0.05, 0.1) is 0 Å². The zero-order valence-corrected chi connectivity index (χ0v) is 43.6. The molecule has 61 heavy (non-hydrogen) atoms. The second-order valence-corrected chi connectivity index (χ2v) is 24.3. The van der Waals surface area contributed by atoms with E-state index in [1.54, 1.807) is 12.0 Å². The van der Waals surface area contributed by atoms with Crippen LogP contribution in [-0.2, 0) is 52.3 Å². The molecule has 324 valence electrons. The first kappa shape index (κ1) is 49.7. The number of fused-ring (bicyclic) bond motifs is 3. The van der Waals surface area contributed by atoms with Crippen LogP contribution in [0.15, 0.2) is 96.6 Å². The van der Waals surface area contributed by atoms with Crippen molar-refractivity contribution in [2.75, 3.05) is 0 Å². The van der Waals surface area contributed by atoms with Crippen LogP contribution >= 0.6 is 0 Å². The van der Waals surface area contributed by atoms with Crippen LogP contribution in [0, 0.1) is 47.6 Å². The van der Waals surface area contributed by atoms with E-state index in [0.29, 0.717) is 5.92 Å². The Labute approximate surface area is 399 Å². The topological polar surface area (TPSA) is 0 Å². The van der Waals surface area contributed by atoms with Gasteiger partial charge in [-0.05, 0) is 73.2 Å². The van der Waals surface area contributed by atoms with Gasteiger partial charge in [-0.2, -0.15) is 41.0 Å². The fraction of sp³-hybridized carbons (Fsp3) is 0.500. The molecule has 4 fully saturated rings. The minimum Gasteiger partial charge on any atom is -1.00 e. The van der Waals surface area contributed by atoms with Crippen LogP contribution in [0.5, 0.6) is 0 Å². The molecule has 0 N–H and O–H groups in total. The fourth-order valence-corrected chi connectivity index (χ4v) is 11.5. The quantitative estimate of drug-likeness (QED) is 0.159. The molecule has 10 rings (SSSR count). The largest absolute Gasteiger partial charge is 1.00 e. The third-order valence-electron chi connectivity index (χ3n) is 14.2. The summed E-state index contributed by atoms with van der Waals surface area (Å²) in [6.07, 6.45) is 17.0. The Kier molecular flexibility index (Phi) is 15.5. The van der Waals surface area contributed by atoms with E-state index >= 15 is 0 Å². The summed E-state index contributed by atoms with van der Waals surface area (Å²) in [4.78, 5) is 0. The number of halogens is 2. The number of benzene rings is 4. The SMILES string of the molecule is CC(C)(C)c1c[c-]c2c(c1)-c1cc(C(C)(C)C)ccc1C2.CC(C)(C)c1ccc([C](=[Zr+2])c2ccc(C(C)(C)C)cc2)cc1.CC1[C-]=CC(C2C3CC4CC(C3)CC2C4)=C1.[Cl-].[Cl-]. The molecule has 4 saturated carbocycles. The van der Waals surface area contributed by atoms with Crippen molar-refractivity contribution in [3.8, 4) is 11.1 Å². The zero-order chi connectivity index (χ0) is 42.7. The van der Waals surface area contributed by atoms with E-state index < -0.39 is 0 Å². The monoisotopic (exact) mass is 928 g/mol. The van der Waals surface area contributed by atoms with E-state index in [1.807, 2.05) is 0 Å². The molecule has 4 aromatic rings. The van der Waals surface area contributed by atoms with Crippen LogP contribution in [0.25, 0.3) is 11.1 Å². The van der Waals surface area contributed by atoms with Crippen LogP contribution in [-0.4, -0.2) is 3.21 Å². The molecule has 1 atom stereocenters. The van der Waals surface area contributed by atoms with Crippen molar-refractivity contribution in [2.45, 2.75) is 150 Å². The summed E-state index contributed by atoms with van der Waals surface area (Å²) in [6, 6.07) is 33.2. The number of hydrogen-bond donors (Lipinski definition) is 0. The van der Waals surface area contributed by atoms with Gasteiger partial charge in [0.1, 0.15) is 0 Å². The van der Waals surface area contributed by atoms with Crippen LogP contribution < -0.4 is 24.8 Å².